The van der Waals surface area contributed by atoms with Gasteiger partial charge in [0, 0.05) is 83.6 Å². The van der Waals surface area contributed by atoms with Crippen molar-refractivity contribution in [3.8, 4) is 0 Å². The maximum Gasteiger partial charge on any atom is 0.272 e. The van der Waals surface area contributed by atoms with Crippen molar-refractivity contribution in [2.45, 2.75) is 6.92 Å². The molecule has 0 spiro atoms. The van der Waals surface area contributed by atoms with Crippen molar-refractivity contribution in [1.82, 2.24) is 24.8 Å². The summed E-state index contributed by atoms with van der Waals surface area (Å²) in [4.78, 5) is 45.3. The molecule has 0 unspecified atom stereocenters. The molecule has 0 aliphatic carbocycles. The quantitative estimate of drug-likeness (QED) is 0.748. The summed E-state index contributed by atoms with van der Waals surface area (Å²) in [5.41, 5.74) is 1.43. The van der Waals surface area contributed by atoms with Gasteiger partial charge in [0.05, 0.1) is 0 Å². The van der Waals surface area contributed by atoms with Crippen LogP contribution in [0.3, 0.4) is 0 Å². The van der Waals surface area contributed by atoms with Crippen LogP contribution in [0.4, 0.5) is 11.6 Å². The van der Waals surface area contributed by atoms with Gasteiger partial charge in [-0.25, -0.2) is 9.97 Å². The molecule has 0 aromatic carbocycles. The topological polar surface area (TPSA) is 85.8 Å². The van der Waals surface area contributed by atoms with Crippen molar-refractivity contribution in [3.63, 3.8) is 0 Å². The van der Waals surface area contributed by atoms with E-state index >= 15 is 0 Å². The molecular weight excluding hydrogens is 370 g/mol. The number of hydrogen-bond acceptors (Lipinski definition) is 7. The van der Waals surface area contributed by atoms with E-state index in [2.05, 4.69) is 24.8 Å². The molecule has 2 aromatic rings. The fraction of sp³-hybridized carbons (Fsp3) is 0.450. The maximum absolute atomic E-state index is 13.0. The molecule has 4 heterocycles. The van der Waals surface area contributed by atoms with Crippen LogP contribution < -0.4 is 9.80 Å². The molecule has 2 aliphatic rings. The second-order valence-corrected chi connectivity index (χ2v) is 7.22. The molecule has 0 bridgehead atoms. The van der Waals surface area contributed by atoms with Crippen LogP contribution >= 0.6 is 0 Å². The number of amides is 2. The van der Waals surface area contributed by atoms with Gasteiger partial charge in [-0.3, -0.25) is 14.6 Å². The van der Waals surface area contributed by atoms with Crippen LogP contribution in [0.5, 0.6) is 0 Å². The Hall–Kier alpha value is -3.23. The number of rotatable bonds is 3. The van der Waals surface area contributed by atoms with E-state index in [4.69, 9.17) is 0 Å². The average Bonchev–Trinajstić information content (AvgIpc) is 2.79. The van der Waals surface area contributed by atoms with Crippen LogP contribution in [0.15, 0.2) is 36.8 Å². The summed E-state index contributed by atoms with van der Waals surface area (Å²) < 4.78 is 0. The second kappa shape index (κ2) is 8.42. The van der Waals surface area contributed by atoms with E-state index < -0.39 is 0 Å². The zero-order valence-electron chi connectivity index (χ0n) is 16.6. The Labute approximate surface area is 170 Å². The number of aromatic nitrogens is 3. The molecule has 2 amide bonds. The Morgan fingerprint density at radius 1 is 0.793 bits per heavy atom. The van der Waals surface area contributed by atoms with E-state index in [1.54, 1.807) is 31.6 Å². The van der Waals surface area contributed by atoms with Gasteiger partial charge in [0.2, 0.25) is 11.9 Å². The first-order valence-electron chi connectivity index (χ1n) is 9.89. The van der Waals surface area contributed by atoms with Gasteiger partial charge >= 0.3 is 0 Å². The van der Waals surface area contributed by atoms with E-state index in [1.165, 1.54) is 0 Å². The number of carbonyl (C=O) groups excluding carboxylic acids is 2. The van der Waals surface area contributed by atoms with Crippen molar-refractivity contribution in [2.24, 2.45) is 0 Å². The van der Waals surface area contributed by atoms with Crippen LogP contribution in [-0.2, 0) is 4.79 Å². The smallest absolute Gasteiger partial charge is 0.272 e. The largest absolute Gasteiger partial charge is 0.368 e. The fourth-order valence-electron chi connectivity index (χ4n) is 3.74. The van der Waals surface area contributed by atoms with Crippen LogP contribution in [0, 0.1) is 0 Å². The van der Waals surface area contributed by atoms with Crippen molar-refractivity contribution >= 4 is 23.5 Å². The lowest BCUT2D eigenvalue weighted by molar-refractivity contribution is -0.129. The lowest BCUT2D eigenvalue weighted by atomic mass is 10.2. The van der Waals surface area contributed by atoms with Crippen LogP contribution in [0.25, 0.3) is 0 Å². The van der Waals surface area contributed by atoms with E-state index in [0.29, 0.717) is 50.9 Å². The van der Waals surface area contributed by atoms with E-state index in [-0.39, 0.29) is 11.8 Å². The standard InChI is InChI=1S/C20H25N7O2/c1-16(28)24-7-9-25(10-8-24)17-3-6-21-18(15-17)19(29)26-11-13-27(14-12-26)20-22-4-2-5-23-20/h2-6,15H,7-14H2,1H3. The average molecular weight is 395 g/mol. The minimum Gasteiger partial charge on any atom is -0.368 e. The first-order chi connectivity index (χ1) is 14.1. The lowest BCUT2D eigenvalue weighted by Gasteiger charge is -2.36. The summed E-state index contributed by atoms with van der Waals surface area (Å²) in [5, 5.41) is 0. The lowest BCUT2D eigenvalue weighted by Crippen LogP contribution is -2.49. The first kappa shape index (κ1) is 19.1. The minimum atomic E-state index is -0.0529. The second-order valence-electron chi connectivity index (χ2n) is 7.22. The molecule has 2 saturated heterocycles. The number of carbonyl (C=O) groups is 2. The summed E-state index contributed by atoms with van der Waals surface area (Å²) in [6, 6.07) is 5.57. The summed E-state index contributed by atoms with van der Waals surface area (Å²) in [7, 11) is 0. The van der Waals surface area contributed by atoms with Gasteiger partial charge in [0.25, 0.3) is 5.91 Å². The highest BCUT2D eigenvalue weighted by atomic mass is 16.2. The van der Waals surface area contributed by atoms with E-state index in [0.717, 1.165) is 18.8 Å². The highest BCUT2D eigenvalue weighted by Crippen LogP contribution is 2.19. The molecule has 2 fully saturated rings. The molecule has 0 N–H and O–H groups in total. The Bertz CT molecular complexity index is 860. The van der Waals surface area contributed by atoms with E-state index in [1.807, 2.05) is 21.9 Å². The molecule has 0 saturated carbocycles. The summed E-state index contributed by atoms with van der Waals surface area (Å²) in [6.07, 6.45) is 5.14. The Morgan fingerprint density at radius 2 is 1.41 bits per heavy atom. The van der Waals surface area contributed by atoms with Gasteiger partial charge in [-0.1, -0.05) is 0 Å². The predicted molar refractivity (Wildman–Crippen MR) is 109 cm³/mol. The number of pyridine rings is 1. The fourth-order valence-corrected chi connectivity index (χ4v) is 3.74. The van der Waals surface area contributed by atoms with Crippen molar-refractivity contribution in [1.29, 1.82) is 0 Å². The van der Waals surface area contributed by atoms with Gasteiger partial charge in [-0.15, -0.1) is 0 Å². The first-order valence-corrected chi connectivity index (χ1v) is 9.89. The van der Waals surface area contributed by atoms with Gasteiger partial charge < -0.3 is 19.6 Å². The molecule has 2 aliphatic heterocycles. The van der Waals surface area contributed by atoms with Crippen LogP contribution in [0.1, 0.15) is 17.4 Å². The highest BCUT2D eigenvalue weighted by Gasteiger charge is 2.25. The number of nitrogens with zero attached hydrogens (tertiary/aromatic N) is 7. The Kier molecular flexibility index (Phi) is 5.55. The Morgan fingerprint density at radius 3 is 2.07 bits per heavy atom. The third kappa shape index (κ3) is 4.28. The molecule has 9 heteroatoms. The number of anilines is 2. The normalized spacial score (nSPS) is 17.4. The Balaban J connectivity index is 1.37. The maximum atomic E-state index is 13.0. The van der Waals surface area contributed by atoms with Gasteiger partial charge in [0.1, 0.15) is 5.69 Å². The molecule has 152 valence electrons. The summed E-state index contributed by atoms with van der Waals surface area (Å²) in [5.74, 6) is 0.752. The van der Waals surface area contributed by atoms with Crippen molar-refractivity contribution in [2.75, 3.05) is 62.2 Å². The molecular formula is C20H25N7O2. The van der Waals surface area contributed by atoms with Gasteiger partial charge in [-0.2, -0.15) is 0 Å². The minimum absolute atomic E-state index is 0.0529. The third-order valence-electron chi connectivity index (χ3n) is 5.45. The summed E-state index contributed by atoms with van der Waals surface area (Å²) in [6.45, 7) is 7.13. The van der Waals surface area contributed by atoms with Crippen molar-refractivity contribution in [3.05, 3.63) is 42.5 Å². The van der Waals surface area contributed by atoms with Crippen molar-refractivity contribution < 1.29 is 9.59 Å². The molecule has 2 aromatic heterocycles. The SMILES string of the molecule is CC(=O)N1CCN(c2ccnc(C(=O)N3CCN(c4ncccn4)CC3)c2)CC1. The predicted octanol–water partition coefficient (Wildman–Crippen LogP) is 0.503. The zero-order valence-corrected chi connectivity index (χ0v) is 16.6. The van der Waals surface area contributed by atoms with Gasteiger partial charge in [-0.05, 0) is 18.2 Å². The number of hydrogen-bond donors (Lipinski definition) is 0. The van der Waals surface area contributed by atoms with E-state index in [9.17, 15) is 9.59 Å². The monoisotopic (exact) mass is 395 g/mol. The molecule has 0 atom stereocenters. The zero-order chi connectivity index (χ0) is 20.2. The summed E-state index contributed by atoms with van der Waals surface area (Å²) >= 11 is 0. The molecule has 9 nitrogen and oxygen atoms in total. The van der Waals surface area contributed by atoms with Gasteiger partial charge in [0.15, 0.2) is 0 Å². The van der Waals surface area contributed by atoms with Crippen LogP contribution in [-0.4, -0.2) is 88.9 Å². The third-order valence-corrected chi connectivity index (χ3v) is 5.45. The van der Waals surface area contributed by atoms with Crippen LogP contribution in [0.2, 0.25) is 0 Å². The molecule has 4 rings (SSSR count). The number of piperazine rings is 2. The molecule has 0 radical (unpaired) electrons. The molecule has 29 heavy (non-hydrogen) atoms. The highest BCUT2D eigenvalue weighted by molar-refractivity contribution is 5.93.